The van der Waals surface area contributed by atoms with Crippen LogP contribution in [-0.2, 0) is 18.8 Å². The van der Waals surface area contributed by atoms with E-state index in [9.17, 15) is 0 Å². The molecular formula is C19H22N8O. The van der Waals surface area contributed by atoms with Crippen molar-refractivity contribution >= 4 is 16.9 Å². The number of anilines is 1. The maximum atomic E-state index is 5.62. The predicted octanol–water partition coefficient (Wildman–Crippen LogP) is 1.98. The van der Waals surface area contributed by atoms with E-state index >= 15 is 0 Å². The minimum absolute atomic E-state index is 0.253. The number of aromatic amines is 1. The van der Waals surface area contributed by atoms with Crippen molar-refractivity contribution in [2.75, 3.05) is 24.7 Å². The summed E-state index contributed by atoms with van der Waals surface area (Å²) in [6.45, 7) is 4.36. The largest absolute Gasteiger partial charge is 0.377 e. The van der Waals surface area contributed by atoms with Gasteiger partial charge >= 0.3 is 0 Å². The number of pyridine rings is 1. The summed E-state index contributed by atoms with van der Waals surface area (Å²) < 4.78 is 9.51. The van der Waals surface area contributed by atoms with Crippen LogP contribution < -0.4 is 4.90 Å². The number of H-pyrrole nitrogens is 1. The number of nitrogens with zero attached hydrogens (tertiary/aromatic N) is 7. The van der Waals surface area contributed by atoms with Crippen molar-refractivity contribution in [2.24, 2.45) is 14.1 Å². The number of fused-ring (bicyclic) bond motifs is 1. The number of hydrogen-bond acceptors (Lipinski definition) is 6. The normalized spacial score (nSPS) is 17.5. The first-order valence-corrected chi connectivity index (χ1v) is 9.32. The second-order valence-corrected chi connectivity index (χ2v) is 7.16. The molecule has 0 aromatic carbocycles. The third-order valence-electron chi connectivity index (χ3n) is 5.28. The molecule has 1 atom stereocenters. The molecule has 4 aromatic heterocycles. The van der Waals surface area contributed by atoms with E-state index in [4.69, 9.17) is 14.8 Å². The molecule has 1 N–H and O–H groups in total. The van der Waals surface area contributed by atoms with Gasteiger partial charge in [-0.2, -0.15) is 10.2 Å². The van der Waals surface area contributed by atoms with Crippen molar-refractivity contribution in [3.05, 3.63) is 30.9 Å². The molecule has 144 valence electrons. The summed E-state index contributed by atoms with van der Waals surface area (Å²) in [6.07, 6.45) is 5.48. The summed E-state index contributed by atoms with van der Waals surface area (Å²) in [5.41, 5.74) is 5.42. The lowest BCUT2D eigenvalue weighted by Crippen LogP contribution is -2.44. The SMILES string of the molecule is CC1COCCN1c1cc(-c2cncn2C)c2c(n1)c(-c1cc[nH]n1)nn2C. The lowest BCUT2D eigenvalue weighted by Gasteiger charge is -2.34. The monoisotopic (exact) mass is 378 g/mol. The molecule has 0 aliphatic carbocycles. The Labute approximate surface area is 162 Å². The van der Waals surface area contributed by atoms with Crippen LogP contribution in [0.2, 0.25) is 0 Å². The quantitative estimate of drug-likeness (QED) is 0.586. The third-order valence-corrected chi connectivity index (χ3v) is 5.28. The van der Waals surface area contributed by atoms with Crippen LogP contribution in [0.5, 0.6) is 0 Å². The molecule has 0 bridgehead atoms. The number of aromatic nitrogens is 7. The van der Waals surface area contributed by atoms with Crippen LogP contribution >= 0.6 is 0 Å². The molecule has 0 amide bonds. The van der Waals surface area contributed by atoms with Crippen molar-refractivity contribution in [1.82, 2.24) is 34.5 Å². The highest BCUT2D eigenvalue weighted by atomic mass is 16.5. The Kier molecular flexibility index (Phi) is 3.90. The summed E-state index contributed by atoms with van der Waals surface area (Å²) in [7, 11) is 3.94. The first kappa shape index (κ1) is 16.9. The zero-order valence-electron chi connectivity index (χ0n) is 16.1. The maximum Gasteiger partial charge on any atom is 0.139 e. The minimum atomic E-state index is 0.253. The first-order valence-electron chi connectivity index (χ1n) is 9.32. The van der Waals surface area contributed by atoms with Gasteiger partial charge in [0.15, 0.2) is 0 Å². The van der Waals surface area contributed by atoms with Gasteiger partial charge in [0.05, 0.1) is 43.0 Å². The standard InChI is InChI=1S/C19H22N8O/c1-12-10-28-7-6-27(12)16-8-13(15-9-20-11-25(15)2)19-18(22-16)17(24-26(19)3)14-4-5-21-23-14/h4-5,8-9,11-12H,6-7,10H2,1-3H3,(H,21,23). The lowest BCUT2D eigenvalue weighted by molar-refractivity contribution is 0.0986. The molecule has 1 fully saturated rings. The minimum Gasteiger partial charge on any atom is -0.377 e. The van der Waals surface area contributed by atoms with Crippen LogP contribution in [0.15, 0.2) is 30.9 Å². The molecule has 0 spiro atoms. The number of ether oxygens (including phenoxy) is 1. The Bertz CT molecular complexity index is 1130. The van der Waals surface area contributed by atoms with E-state index in [0.717, 1.165) is 46.0 Å². The van der Waals surface area contributed by atoms with E-state index in [-0.39, 0.29) is 6.04 Å². The van der Waals surface area contributed by atoms with Gasteiger partial charge in [0.25, 0.3) is 0 Å². The van der Waals surface area contributed by atoms with Gasteiger partial charge in [-0.1, -0.05) is 0 Å². The van der Waals surface area contributed by atoms with Gasteiger partial charge in [0.1, 0.15) is 22.7 Å². The maximum absolute atomic E-state index is 5.62. The van der Waals surface area contributed by atoms with E-state index in [1.54, 1.807) is 6.20 Å². The van der Waals surface area contributed by atoms with Crippen LogP contribution in [0.1, 0.15) is 6.92 Å². The summed E-state index contributed by atoms with van der Waals surface area (Å²) in [5, 5.41) is 11.9. The Hall–Kier alpha value is -3.20. The molecule has 9 heteroatoms. The fourth-order valence-corrected chi connectivity index (χ4v) is 3.86. The van der Waals surface area contributed by atoms with Crippen molar-refractivity contribution in [3.8, 4) is 22.6 Å². The fourth-order valence-electron chi connectivity index (χ4n) is 3.86. The van der Waals surface area contributed by atoms with Crippen LogP contribution in [0.4, 0.5) is 5.82 Å². The molecule has 0 saturated carbocycles. The summed E-state index contributed by atoms with van der Waals surface area (Å²) >= 11 is 0. The molecule has 5 heterocycles. The average Bonchev–Trinajstić information content (AvgIpc) is 3.42. The number of morpholine rings is 1. The molecule has 1 aliphatic rings. The van der Waals surface area contributed by atoms with Gasteiger partial charge < -0.3 is 14.2 Å². The highest BCUT2D eigenvalue weighted by Crippen LogP contribution is 2.35. The number of imidazole rings is 1. The molecule has 1 aliphatic heterocycles. The number of aryl methyl sites for hydroxylation is 2. The summed E-state index contributed by atoms with van der Waals surface area (Å²) in [4.78, 5) is 11.6. The Morgan fingerprint density at radius 2 is 2.18 bits per heavy atom. The van der Waals surface area contributed by atoms with E-state index in [0.29, 0.717) is 13.2 Å². The van der Waals surface area contributed by atoms with E-state index in [2.05, 4.69) is 33.1 Å². The predicted molar refractivity (Wildman–Crippen MR) is 106 cm³/mol. The molecule has 1 saturated heterocycles. The fraction of sp³-hybridized carbons (Fsp3) is 0.368. The Balaban J connectivity index is 1.80. The molecule has 28 heavy (non-hydrogen) atoms. The lowest BCUT2D eigenvalue weighted by atomic mass is 10.1. The van der Waals surface area contributed by atoms with Gasteiger partial charge in [-0.15, -0.1) is 0 Å². The Morgan fingerprint density at radius 1 is 1.29 bits per heavy atom. The second kappa shape index (κ2) is 6.45. The second-order valence-electron chi connectivity index (χ2n) is 7.16. The Morgan fingerprint density at radius 3 is 2.89 bits per heavy atom. The molecule has 0 radical (unpaired) electrons. The molecule has 4 aromatic rings. The molecular weight excluding hydrogens is 356 g/mol. The van der Waals surface area contributed by atoms with Crippen LogP contribution in [-0.4, -0.2) is 60.3 Å². The van der Waals surface area contributed by atoms with Crippen molar-refractivity contribution < 1.29 is 4.74 Å². The molecule has 5 rings (SSSR count). The van der Waals surface area contributed by atoms with Crippen LogP contribution in [0, 0.1) is 0 Å². The summed E-state index contributed by atoms with van der Waals surface area (Å²) in [5.74, 6) is 0.921. The van der Waals surface area contributed by atoms with Crippen LogP contribution in [0.3, 0.4) is 0 Å². The number of nitrogens with one attached hydrogen (secondary N) is 1. The van der Waals surface area contributed by atoms with Crippen molar-refractivity contribution in [1.29, 1.82) is 0 Å². The third kappa shape index (κ3) is 2.58. The van der Waals surface area contributed by atoms with Gasteiger partial charge in [0, 0.05) is 32.4 Å². The smallest absolute Gasteiger partial charge is 0.139 e. The van der Waals surface area contributed by atoms with Gasteiger partial charge in [-0.3, -0.25) is 9.78 Å². The van der Waals surface area contributed by atoms with E-state index in [1.807, 2.05) is 41.9 Å². The van der Waals surface area contributed by atoms with Gasteiger partial charge in [-0.05, 0) is 19.1 Å². The van der Waals surface area contributed by atoms with Crippen molar-refractivity contribution in [3.63, 3.8) is 0 Å². The van der Waals surface area contributed by atoms with E-state index < -0.39 is 0 Å². The summed E-state index contributed by atoms with van der Waals surface area (Å²) in [6, 6.07) is 4.30. The first-order chi connectivity index (χ1) is 13.6. The zero-order chi connectivity index (χ0) is 19.3. The van der Waals surface area contributed by atoms with Gasteiger partial charge in [0.2, 0.25) is 0 Å². The van der Waals surface area contributed by atoms with Crippen molar-refractivity contribution in [2.45, 2.75) is 13.0 Å². The molecule has 1 unspecified atom stereocenters. The van der Waals surface area contributed by atoms with Crippen LogP contribution in [0.25, 0.3) is 33.7 Å². The highest BCUT2D eigenvalue weighted by molar-refractivity contribution is 5.99. The molecule has 9 nitrogen and oxygen atoms in total. The van der Waals surface area contributed by atoms with E-state index in [1.165, 1.54) is 0 Å². The highest BCUT2D eigenvalue weighted by Gasteiger charge is 2.25. The van der Waals surface area contributed by atoms with Gasteiger partial charge in [-0.25, -0.2) is 9.97 Å². The number of rotatable bonds is 3. The average molecular weight is 378 g/mol. The zero-order valence-corrected chi connectivity index (χ0v) is 16.1. The number of hydrogen-bond donors (Lipinski definition) is 1. The topological polar surface area (TPSA) is 89.7 Å².